The lowest BCUT2D eigenvalue weighted by atomic mass is 10.6. The zero-order chi connectivity index (χ0) is 6.85. The summed E-state index contributed by atoms with van der Waals surface area (Å²) in [6.45, 7) is 5.02. The monoisotopic (exact) mass is 128 g/mol. The average Bonchev–Trinajstić information content (AvgIpc) is 2.12. The maximum Gasteiger partial charge on any atom is 0.139 e. The molecule has 0 atom stereocenters. The van der Waals surface area contributed by atoms with Gasteiger partial charge in [-0.1, -0.05) is 0 Å². The van der Waals surface area contributed by atoms with E-state index in [0.29, 0.717) is 0 Å². The SMILES string of the molecule is CCN1C(C)=NNN1C. The van der Waals surface area contributed by atoms with Crippen molar-refractivity contribution in [3.63, 3.8) is 0 Å². The van der Waals surface area contributed by atoms with Crippen LogP contribution < -0.4 is 5.53 Å². The van der Waals surface area contributed by atoms with Crippen LogP contribution in [0.2, 0.25) is 0 Å². The highest BCUT2D eigenvalue weighted by atomic mass is 15.9. The molecule has 1 aliphatic rings. The van der Waals surface area contributed by atoms with E-state index in [9.17, 15) is 0 Å². The second-order valence-electron chi connectivity index (χ2n) is 2.00. The van der Waals surface area contributed by atoms with Gasteiger partial charge in [0.15, 0.2) is 0 Å². The molecule has 0 amide bonds. The summed E-state index contributed by atoms with van der Waals surface area (Å²) in [5, 5.41) is 7.89. The van der Waals surface area contributed by atoms with Crippen molar-refractivity contribution in [1.29, 1.82) is 0 Å². The van der Waals surface area contributed by atoms with E-state index in [1.165, 1.54) is 0 Å². The topological polar surface area (TPSA) is 30.9 Å². The van der Waals surface area contributed by atoms with E-state index in [1.54, 1.807) is 0 Å². The van der Waals surface area contributed by atoms with Crippen LogP contribution in [-0.4, -0.2) is 29.6 Å². The summed E-state index contributed by atoms with van der Waals surface area (Å²) >= 11 is 0. The number of hydrazone groups is 1. The average molecular weight is 128 g/mol. The molecule has 4 nitrogen and oxygen atoms in total. The van der Waals surface area contributed by atoms with E-state index in [1.807, 2.05) is 24.1 Å². The third kappa shape index (κ3) is 0.977. The highest BCUT2D eigenvalue weighted by Gasteiger charge is 2.15. The summed E-state index contributed by atoms with van der Waals surface area (Å²) in [7, 11) is 1.93. The quantitative estimate of drug-likeness (QED) is 0.539. The molecule has 1 rings (SSSR count). The van der Waals surface area contributed by atoms with Crippen molar-refractivity contribution >= 4 is 5.84 Å². The molecule has 4 heteroatoms. The number of nitrogens with zero attached hydrogens (tertiary/aromatic N) is 3. The van der Waals surface area contributed by atoms with Crippen LogP contribution in [0.5, 0.6) is 0 Å². The van der Waals surface area contributed by atoms with Crippen molar-refractivity contribution < 1.29 is 0 Å². The molecule has 1 aliphatic heterocycles. The van der Waals surface area contributed by atoms with Crippen LogP contribution in [0.3, 0.4) is 0 Å². The number of rotatable bonds is 1. The molecule has 0 aromatic heterocycles. The van der Waals surface area contributed by atoms with E-state index >= 15 is 0 Å². The Morgan fingerprint density at radius 1 is 1.67 bits per heavy atom. The molecular weight excluding hydrogens is 116 g/mol. The normalized spacial score (nSPS) is 19.9. The Bertz CT molecular complexity index is 131. The summed E-state index contributed by atoms with van der Waals surface area (Å²) < 4.78 is 0. The van der Waals surface area contributed by atoms with Gasteiger partial charge in [0.1, 0.15) is 5.84 Å². The molecule has 0 unspecified atom stereocenters. The van der Waals surface area contributed by atoms with Crippen LogP contribution in [0.4, 0.5) is 0 Å². The lowest BCUT2D eigenvalue weighted by molar-refractivity contribution is 0.0523. The van der Waals surface area contributed by atoms with Gasteiger partial charge in [-0.15, -0.1) is 10.2 Å². The second kappa shape index (κ2) is 2.23. The molecule has 0 saturated heterocycles. The van der Waals surface area contributed by atoms with E-state index < -0.39 is 0 Å². The zero-order valence-electron chi connectivity index (χ0n) is 6.05. The second-order valence-corrected chi connectivity index (χ2v) is 2.00. The van der Waals surface area contributed by atoms with E-state index in [2.05, 4.69) is 17.6 Å². The number of hydrazine groups is 2. The molecule has 0 radical (unpaired) electrons. The van der Waals surface area contributed by atoms with Crippen LogP contribution in [-0.2, 0) is 0 Å². The maximum absolute atomic E-state index is 3.99. The van der Waals surface area contributed by atoms with E-state index in [0.717, 1.165) is 12.4 Å². The molecule has 0 bridgehead atoms. The van der Waals surface area contributed by atoms with Gasteiger partial charge in [-0.05, 0) is 13.8 Å². The van der Waals surface area contributed by atoms with Gasteiger partial charge in [0.2, 0.25) is 0 Å². The summed E-state index contributed by atoms with van der Waals surface area (Å²) in [5.41, 5.74) is 2.82. The molecule has 52 valence electrons. The van der Waals surface area contributed by atoms with Gasteiger partial charge >= 0.3 is 0 Å². The van der Waals surface area contributed by atoms with Gasteiger partial charge in [-0.25, -0.2) is 5.53 Å². The number of hydrogen-bond donors (Lipinski definition) is 1. The first-order valence-corrected chi connectivity index (χ1v) is 3.06. The summed E-state index contributed by atoms with van der Waals surface area (Å²) in [5.74, 6) is 1.01. The first-order valence-electron chi connectivity index (χ1n) is 3.06. The Balaban J connectivity index is 2.57. The third-order valence-corrected chi connectivity index (χ3v) is 1.39. The molecule has 1 heterocycles. The molecule has 9 heavy (non-hydrogen) atoms. The minimum Gasteiger partial charge on any atom is -0.273 e. The van der Waals surface area contributed by atoms with Crippen molar-refractivity contribution in [1.82, 2.24) is 15.7 Å². The molecular formula is C5H12N4. The first-order chi connectivity index (χ1) is 4.25. The Morgan fingerprint density at radius 3 is 2.56 bits per heavy atom. The molecule has 0 aliphatic carbocycles. The molecule has 1 N–H and O–H groups in total. The fourth-order valence-electron chi connectivity index (χ4n) is 0.914. The van der Waals surface area contributed by atoms with E-state index in [4.69, 9.17) is 0 Å². The fourth-order valence-corrected chi connectivity index (χ4v) is 0.914. The fraction of sp³-hybridized carbons (Fsp3) is 0.800. The largest absolute Gasteiger partial charge is 0.273 e. The molecule has 0 spiro atoms. The van der Waals surface area contributed by atoms with Crippen LogP contribution in [0.15, 0.2) is 5.10 Å². The lowest BCUT2D eigenvalue weighted by Gasteiger charge is -2.22. The smallest absolute Gasteiger partial charge is 0.139 e. The number of nitrogens with one attached hydrogen (secondary N) is 1. The predicted octanol–water partition coefficient (Wildman–Crippen LogP) is 0.00670. The number of hydrogen-bond acceptors (Lipinski definition) is 4. The van der Waals surface area contributed by atoms with Crippen molar-refractivity contribution in [3.05, 3.63) is 0 Å². The standard InChI is InChI=1S/C5H12N4/c1-4-9-5(2)6-7-8(9)3/h7H,4H2,1-3H3. The van der Waals surface area contributed by atoms with Crippen molar-refractivity contribution in [3.8, 4) is 0 Å². The highest BCUT2D eigenvalue weighted by Crippen LogP contribution is 1.99. The Labute approximate surface area is 55.1 Å². The lowest BCUT2D eigenvalue weighted by Crippen LogP contribution is -2.41. The van der Waals surface area contributed by atoms with Gasteiger partial charge in [-0.2, -0.15) is 0 Å². The van der Waals surface area contributed by atoms with Gasteiger partial charge in [0, 0.05) is 13.6 Å². The van der Waals surface area contributed by atoms with Gasteiger partial charge < -0.3 is 0 Å². The van der Waals surface area contributed by atoms with Gasteiger partial charge in [-0.3, -0.25) is 5.01 Å². The minimum absolute atomic E-state index is 0.957. The van der Waals surface area contributed by atoms with Crippen LogP contribution in [0.25, 0.3) is 0 Å². The van der Waals surface area contributed by atoms with E-state index in [-0.39, 0.29) is 0 Å². The van der Waals surface area contributed by atoms with Crippen LogP contribution in [0.1, 0.15) is 13.8 Å². The molecule has 0 aromatic carbocycles. The Morgan fingerprint density at radius 2 is 2.33 bits per heavy atom. The predicted molar refractivity (Wildman–Crippen MR) is 36.4 cm³/mol. The van der Waals surface area contributed by atoms with Crippen molar-refractivity contribution in [2.24, 2.45) is 5.10 Å². The zero-order valence-corrected chi connectivity index (χ0v) is 6.05. The Kier molecular flexibility index (Phi) is 1.57. The molecule has 0 saturated carbocycles. The van der Waals surface area contributed by atoms with Crippen LogP contribution in [0, 0.1) is 0 Å². The van der Waals surface area contributed by atoms with Crippen molar-refractivity contribution in [2.75, 3.05) is 13.6 Å². The van der Waals surface area contributed by atoms with Crippen LogP contribution >= 0.6 is 0 Å². The first kappa shape index (κ1) is 6.35. The number of amidine groups is 1. The Hall–Kier alpha value is -0.770. The summed E-state index contributed by atoms with van der Waals surface area (Å²) in [6, 6.07) is 0. The summed E-state index contributed by atoms with van der Waals surface area (Å²) in [4.78, 5) is 0. The van der Waals surface area contributed by atoms with Gasteiger partial charge in [0.05, 0.1) is 0 Å². The third-order valence-electron chi connectivity index (χ3n) is 1.39. The highest BCUT2D eigenvalue weighted by molar-refractivity contribution is 5.79. The van der Waals surface area contributed by atoms with Crippen molar-refractivity contribution in [2.45, 2.75) is 13.8 Å². The minimum atomic E-state index is 0.957. The summed E-state index contributed by atoms with van der Waals surface area (Å²) in [6.07, 6.45) is 0. The molecule has 0 aromatic rings. The maximum atomic E-state index is 3.99. The van der Waals surface area contributed by atoms with Gasteiger partial charge in [0.25, 0.3) is 0 Å². The molecule has 0 fully saturated rings.